The average Bonchev–Trinajstić information content (AvgIpc) is 3.68. The van der Waals surface area contributed by atoms with Gasteiger partial charge in [-0.05, 0) is 66.8 Å². The number of benzene rings is 2. The number of nitrogens with zero attached hydrogens (tertiary/aromatic N) is 5. The van der Waals surface area contributed by atoms with Crippen molar-refractivity contribution in [1.82, 2.24) is 29.5 Å². The molecule has 2 aliphatic rings. The number of rotatable bonds is 6. The summed E-state index contributed by atoms with van der Waals surface area (Å²) in [4.78, 5) is 36.5. The van der Waals surface area contributed by atoms with Crippen LogP contribution in [0.15, 0.2) is 53.5 Å². The normalized spacial score (nSPS) is 15.1. The van der Waals surface area contributed by atoms with Crippen LogP contribution in [0.2, 0.25) is 0 Å². The fraction of sp³-hybridized carbons (Fsp3) is 0.333. The highest BCUT2D eigenvalue weighted by molar-refractivity contribution is 5.79. The van der Waals surface area contributed by atoms with E-state index < -0.39 is 0 Å². The van der Waals surface area contributed by atoms with Crippen molar-refractivity contribution in [1.29, 1.82) is 0 Å². The van der Waals surface area contributed by atoms with Crippen molar-refractivity contribution in [3.05, 3.63) is 75.7 Å². The van der Waals surface area contributed by atoms with Crippen LogP contribution in [0.4, 0.5) is 11.6 Å². The average molecular weight is 484 g/mol. The zero-order valence-corrected chi connectivity index (χ0v) is 20.5. The topological polar surface area (TPSA) is 97.1 Å². The van der Waals surface area contributed by atoms with Gasteiger partial charge in [0.25, 0.3) is 5.56 Å². The lowest BCUT2D eigenvalue weighted by molar-refractivity contribution is -0.127. The molecular weight excluding hydrogens is 454 g/mol. The van der Waals surface area contributed by atoms with Crippen LogP contribution in [-0.2, 0) is 24.2 Å². The van der Waals surface area contributed by atoms with E-state index in [9.17, 15) is 9.59 Å². The van der Waals surface area contributed by atoms with Gasteiger partial charge in [-0.1, -0.05) is 18.2 Å². The summed E-state index contributed by atoms with van der Waals surface area (Å²) in [6.45, 7) is 1.86. The molecule has 184 valence electrons. The molecule has 2 aromatic heterocycles. The molecule has 3 heterocycles. The summed E-state index contributed by atoms with van der Waals surface area (Å²) in [5.74, 6) is 0.468. The maximum Gasteiger partial charge on any atom is 0.278 e. The zero-order valence-electron chi connectivity index (χ0n) is 20.5. The van der Waals surface area contributed by atoms with E-state index >= 15 is 0 Å². The smallest absolute Gasteiger partial charge is 0.278 e. The monoisotopic (exact) mass is 483 g/mol. The van der Waals surface area contributed by atoms with Gasteiger partial charge in [0.1, 0.15) is 5.39 Å². The highest BCUT2D eigenvalue weighted by Gasteiger charge is 2.31. The van der Waals surface area contributed by atoms with Gasteiger partial charge in [0, 0.05) is 32.5 Å². The van der Waals surface area contributed by atoms with E-state index in [1.165, 1.54) is 11.1 Å². The van der Waals surface area contributed by atoms with E-state index in [1.54, 1.807) is 29.9 Å². The van der Waals surface area contributed by atoms with Crippen LogP contribution in [0, 0.1) is 0 Å². The first-order valence-corrected chi connectivity index (χ1v) is 12.4. The molecule has 0 bridgehead atoms. The van der Waals surface area contributed by atoms with Gasteiger partial charge >= 0.3 is 0 Å². The maximum absolute atomic E-state index is 13.4. The van der Waals surface area contributed by atoms with Crippen LogP contribution in [0.5, 0.6) is 0 Å². The number of carbonyl (C=O) groups is 1. The highest BCUT2D eigenvalue weighted by atomic mass is 16.2. The number of fused-ring (bicyclic) bond motifs is 2. The first kappa shape index (κ1) is 22.5. The predicted octanol–water partition coefficient (Wildman–Crippen LogP) is 2.94. The Morgan fingerprint density at radius 3 is 2.83 bits per heavy atom. The van der Waals surface area contributed by atoms with Gasteiger partial charge in [0.05, 0.1) is 18.2 Å². The van der Waals surface area contributed by atoms with E-state index in [4.69, 9.17) is 4.98 Å². The number of hydrogen-bond acceptors (Lipinski definition) is 6. The molecule has 1 amide bonds. The number of anilines is 2. The van der Waals surface area contributed by atoms with Gasteiger partial charge in [-0.15, -0.1) is 0 Å². The van der Waals surface area contributed by atoms with Crippen molar-refractivity contribution in [2.24, 2.45) is 0 Å². The van der Waals surface area contributed by atoms with Gasteiger partial charge < -0.3 is 15.5 Å². The lowest BCUT2D eigenvalue weighted by Gasteiger charge is -2.18. The second-order valence-corrected chi connectivity index (χ2v) is 9.79. The van der Waals surface area contributed by atoms with Gasteiger partial charge in [-0.25, -0.2) is 14.3 Å². The van der Waals surface area contributed by atoms with Crippen LogP contribution in [-0.4, -0.2) is 50.8 Å². The third-order valence-corrected chi connectivity index (χ3v) is 6.87. The lowest BCUT2D eigenvalue weighted by Crippen LogP contribution is -2.24. The fourth-order valence-corrected chi connectivity index (χ4v) is 4.77. The summed E-state index contributed by atoms with van der Waals surface area (Å²) in [7, 11) is 3.50. The molecule has 1 aliphatic heterocycles. The molecule has 6 rings (SSSR count). The number of amides is 1. The van der Waals surface area contributed by atoms with E-state index in [1.807, 2.05) is 35.0 Å². The molecule has 2 N–H and O–H groups in total. The van der Waals surface area contributed by atoms with Crippen LogP contribution in [0.3, 0.4) is 0 Å². The molecule has 1 fully saturated rings. The Bertz CT molecular complexity index is 1530. The van der Waals surface area contributed by atoms with Crippen molar-refractivity contribution in [2.45, 2.75) is 38.3 Å². The number of aromatic nitrogens is 4. The minimum absolute atomic E-state index is 0.0266. The SMILES string of the molecule is CN(C)C(=O)Cc1cccc(-n2c3nc(Nc4ccc5c(c4)CCNC5)ncc3c(=O)n2C2CC2)c1. The first-order chi connectivity index (χ1) is 17.5. The highest BCUT2D eigenvalue weighted by Crippen LogP contribution is 2.35. The van der Waals surface area contributed by atoms with E-state index in [0.29, 0.717) is 23.4 Å². The van der Waals surface area contributed by atoms with Gasteiger partial charge in [0.15, 0.2) is 5.65 Å². The summed E-state index contributed by atoms with van der Waals surface area (Å²) < 4.78 is 3.69. The largest absolute Gasteiger partial charge is 0.349 e. The summed E-state index contributed by atoms with van der Waals surface area (Å²) in [5, 5.41) is 7.21. The van der Waals surface area contributed by atoms with Crippen LogP contribution in [0.1, 0.15) is 35.6 Å². The van der Waals surface area contributed by atoms with Gasteiger partial charge in [-0.3, -0.25) is 9.59 Å². The van der Waals surface area contributed by atoms with E-state index in [-0.39, 0.29) is 17.5 Å². The number of hydrogen-bond donors (Lipinski definition) is 2. The van der Waals surface area contributed by atoms with Crippen LogP contribution in [0.25, 0.3) is 16.7 Å². The van der Waals surface area contributed by atoms with E-state index in [0.717, 1.165) is 49.3 Å². The Labute approximate surface area is 208 Å². The molecule has 0 spiro atoms. The quantitative estimate of drug-likeness (QED) is 0.438. The zero-order chi connectivity index (χ0) is 24.8. The Morgan fingerprint density at radius 1 is 1.17 bits per heavy atom. The Morgan fingerprint density at radius 2 is 2.03 bits per heavy atom. The van der Waals surface area contributed by atoms with Crippen molar-refractivity contribution in [3.63, 3.8) is 0 Å². The second kappa shape index (κ2) is 8.91. The second-order valence-electron chi connectivity index (χ2n) is 9.79. The number of likely N-dealkylation sites (N-methyl/N-ethyl adjacent to an activating group) is 1. The lowest BCUT2D eigenvalue weighted by atomic mass is 10.0. The molecule has 1 saturated carbocycles. The molecular formula is C27H29N7O2. The molecule has 36 heavy (non-hydrogen) atoms. The van der Waals surface area contributed by atoms with Crippen molar-refractivity contribution in [2.75, 3.05) is 26.0 Å². The standard InChI is InChI=1S/C27H29N7O2/c1-32(2)24(35)13-17-4-3-5-22(12-17)33-25-23(26(36)34(33)21-8-9-21)16-29-27(31-25)30-20-7-6-19-15-28-11-10-18(19)14-20/h3-7,12,14,16,21,28H,8-11,13,15H2,1-2H3,(H,29,30,31). The molecule has 0 radical (unpaired) electrons. The van der Waals surface area contributed by atoms with Crippen LogP contribution < -0.4 is 16.2 Å². The van der Waals surface area contributed by atoms with Crippen molar-refractivity contribution < 1.29 is 4.79 Å². The molecule has 0 saturated heterocycles. The summed E-state index contributed by atoms with van der Waals surface area (Å²) in [5.41, 5.74) is 5.72. The van der Waals surface area contributed by atoms with Gasteiger partial charge in [-0.2, -0.15) is 4.98 Å². The summed E-state index contributed by atoms with van der Waals surface area (Å²) in [6, 6.07) is 14.2. The van der Waals surface area contributed by atoms with E-state index in [2.05, 4.69) is 27.8 Å². The van der Waals surface area contributed by atoms with Gasteiger partial charge in [0.2, 0.25) is 11.9 Å². The molecule has 9 heteroatoms. The molecule has 0 atom stereocenters. The fourth-order valence-electron chi connectivity index (χ4n) is 4.77. The third-order valence-electron chi connectivity index (χ3n) is 6.87. The summed E-state index contributed by atoms with van der Waals surface area (Å²) >= 11 is 0. The minimum Gasteiger partial charge on any atom is -0.349 e. The Balaban J connectivity index is 1.41. The molecule has 1 aliphatic carbocycles. The molecule has 4 aromatic rings. The Hall–Kier alpha value is -3.98. The summed E-state index contributed by atoms with van der Waals surface area (Å²) in [6.07, 6.45) is 4.81. The first-order valence-electron chi connectivity index (χ1n) is 12.4. The van der Waals surface area contributed by atoms with Crippen LogP contribution >= 0.6 is 0 Å². The molecule has 0 unspecified atom stereocenters. The maximum atomic E-state index is 13.4. The minimum atomic E-state index is -0.0879. The molecule has 2 aromatic carbocycles. The molecule has 9 nitrogen and oxygen atoms in total. The van der Waals surface area contributed by atoms with Crippen molar-refractivity contribution in [3.8, 4) is 5.69 Å². The number of carbonyl (C=O) groups excluding carboxylic acids is 1. The van der Waals surface area contributed by atoms with Crippen molar-refractivity contribution >= 4 is 28.6 Å². The third kappa shape index (κ3) is 4.15. The number of nitrogens with one attached hydrogen (secondary N) is 2. The predicted molar refractivity (Wildman–Crippen MR) is 139 cm³/mol. The Kier molecular flexibility index (Phi) is 5.56.